The highest BCUT2D eigenvalue weighted by atomic mass is 79.9. The lowest BCUT2D eigenvalue weighted by atomic mass is 10.2. The molecule has 2 N–H and O–H groups in total. The Balaban J connectivity index is 2.85. The highest BCUT2D eigenvalue weighted by Gasteiger charge is 2.24. The van der Waals surface area contributed by atoms with Crippen molar-refractivity contribution in [2.45, 2.75) is 26.4 Å². The Morgan fingerprint density at radius 3 is 2.59 bits per heavy atom. The van der Waals surface area contributed by atoms with Crippen molar-refractivity contribution in [2.24, 2.45) is 5.84 Å². The minimum atomic E-state index is -0.726. The molecule has 17 heavy (non-hydrogen) atoms. The van der Waals surface area contributed by atoms with E-state index in [0.29, 0.717) is 15.8 Å². The summed E-state index contributed by atoms with van der Waals surface area (Å²) in [6.07, 6.45) is -0.0926. The molecule has 1 rings (SSSR count). The quantitative estimate of drug-likeness (QED) is 0.391. The summed E-state index contributed by atoms with van der Waals surface area (Å²) in [4.78, 5) is 26.5. The van der Waals surface area contributed by atoms with E-state index in [1.165, 1.54) is 0 Å². The van der Waals surface area contributed by atoms with Gasteiger partial charge in [0, 0.05) is 0 Å². The Hall–Kier alpha value is -0.990. The average molecular weight is 322 g/mol. The topological polar surface area (TPSA) is 85.5 Å². The molecule has 0 spiro atoms. The number of carbonyl (C=O) groups is 2. The van der Waals surface area contributed by atoms with Gasteiger partial charge in [0.05, 0.1) is 0 Å². The van der Waals surface area contributed by atoms with Gasteiger partial charge in [0.25, 0.3) is 0 Å². The molecule has 0 aliphatic rings. The van der Waals surface area contributed by atoms with Crippen LogP contribution in [0.1, 0.15) is 30.4 Å². The predicted molar refractivity (Wildman–Crippen MR) is 68.1 cm³/mol. The number of hydrazine groups is 1. The van der Waals surface area contributed by atoms with Crippen LogP contribution < -0.4 is 10.9 Å². The summed E-state index contributed by atoms with van der Waals surface area (Å²) < 4.78 is 5.41. The number of nitrogens with two attached hydrogens (primary N) is 1. The molecule has 94 valence electrons. The van der Waals surface area contributed by atoms with Crippen molar-refractivity contribution in [1.29, 1.82) is 0 Å². The fraction of sp³-hybridized carbons (Fsp3) is 0.444. The van der Waals surface area contributed by atoms with Gasteiger partial charge in [0.1, 0.15) is 15.1 Å². The van der Waals surface area contributed by atoms with Crippen LogP contribution in [0.15, 0.2) is 4.60 Å². The third-order valence-electron chi connectivity index (χ3n) is 1.50. The third-order valence-corrected chi connectivity index (χ3v) is 3.35. The van der Waals surface area contributed by atoms with Gasteiger partial charge < -0.3 is 4.74 Å². The first-order valence-electron chi connectivity index (χ1n) is 4.64. The van der Waals surface area contributed by atoms with Gasteiger partial charge in [0.15, 0.2) is 6.29 Å². The lowest BCUT2D eigenvalue weighted by Crippen LogP contribution is -2.41. The Morgan fingerprint density at radius 1 is 1.59 bits per heavy atom. The monoisotopic (exact) mass is 321 g/mol. The van der Waals surface area contributed by atoms with Crippen LogP contribution in [-0.2, 0) is 4.74 Å². The van der Waals surface area contributed by atoms with E-state index in [4.69, 9.17) is 10.6 Å². The molecule has 0 aromatic carbocycles. The molecule has 8 heteroatoms. The summed E-state index contributed by atoms with van der Waals surface area (Å²) in [5.41, 5.74) is -0.642. The Bertz CT molecular complexity index is 441. The fourth-order valence-electron chi connectivity index (χ4n) is 0.867. The molecule has 0 unspecified atom stereocenters. The van der Waals surface area contributed by atoms with E-state index in [1.54, 1.807) is 20.8 Å². The summed E-state index contributed by atoms with van der Waals surface area (Å²) in [6, 6.07) is 0. The first kappa shape index (κ1) is 14.1. The molecule has 1 aromatic rings. The number of anilines is 1. The van der Waals surface area contributed by atoms with E-state index in [1.807, 2.05) is 0 Å². The minimum Gasteiger partial charge on any atom is -0.442 e. The van der Waals surface area contributed by atoms with Gasteiger partial charge in [-0.15, -0.1) is 0 Å². The van der Waals surface area contributed by atoms with E-state index in [0.717, 1.165) is 16.3 Å². The number of carbonyl (C=O) groups excluding carboxylic acids is 2. The fourth-order valence-corrected chi connectivity index (χ4v) is 2.17. The SMILES string of the molecule is CC(C)(C)OC(=O)N(N)c1nc(Br)c(C=O)s1. The molecular weight excluding hydrogens is 310 g/mol. The first-order chi connectivity index (χ1) is 7.74. The molecule has 6 nitrogen and oxygen atoms in total. The number of aromatic nitrogens is 1. The maximum absolute atomic E-state index is 11.6. The number of ether oxygens (including phenoxy) is 1. The van der Waals surface area contributed by atoms with Gasteiger partial charge in [0.2, 0.25) is 5.13 Å². The number of amides is 1. The molecule has 0 bridgehead atoms. The number of hydrogen-bond acceptors (Lipinski definition) is 6. The Morgan fingerprint density at radius 2 is 2.18 bits per heavy atom. The smallest absolute Gasteiger partial charge is 0.431 e. The zero-order chi connectivity index (χ0) is 13.2. The van der Waals surface area contributed by atoms with Crippen LogP contribution in [0, 0.1) is 0 Å². The normalized spacial score (nSPS) is 11.1. The molecular formula is C9H12BrN3O3S. The van der Waals surface area contributed by atoms with Crippen LogP contribution in [0.5, 0.6) is 0 Å². The van der Waals surface area contributed by atoms with Crippen LogP contribution in [0.4, 0.5) is 9.93 Å². The molecule has 0 fully saturated rings. The first-order valence-corrected chi connectivity index (χ1v) is 6.25. The number of aldehydes is 1. The molecule has 0 atom stereocenters. The van der Waals surface area contributed by atoms with Crippen molar-refractivity contribution < 1.29 is 14.3 Å². The Labute approximate surface area is 111 Å². The number of nitrogens with zero attached hydrogens (tertiary/aromatic N) is 2. The van der Waals surface area contributed by atoms with E-state index in [2.05, 4.69) is 20.9 Å². The van der Waals surface area contributed by atoms with E-state index < -0.39 is 11.7 Å². The van der Waals surface area contributed by atoms with Gasteiger partial charge in [-0.3, -0.25) is 4.79 Å². The molecule has 1 aromatic heterocycles. The summed E-state index contributed by atoms with van der Waals surface area (Å²) in [7, 11) is 0. The second kappa shape index (κ2) is 5.11. The number of halogens is 1. The van der Waals surface area contributed by atoms with Crippen LogP contribution in [-0.4, -0.2) is 23.0 Å². The zero-order valence-corrected chi connectivity index (χ0v) is 12.0. The van der Waals surface area contributed by atoms with Crippen molar-refractivity contribution in [3.63, 3.8) is 0 Å². The number of rotatable bonds is 2. The number of hydrogen-bond donors (Lipinski definition) is 1. The lowest BCUT2D eigenvalue weighted by Gasteiger charge is -2.22. The van der Waals surface area contributed by atoms with Gasteiger partial charge in [-0.1, -0.05) is 11.3 Å². The van der Waals surface area contributed by atoms with Crippen LogP contribution >= 0.6 is 27.3 Å². The van der Waals surface area contributed by atoms with E-state index in [9.17, 15) is 9.59 Å². The molecule has 0 saturated heterocycles. The zero-order valence-electron chi connectivity index (χ0n) is 9.56. The Kier molecular flexibility index (Phi) is 4.23. The van der Waals surface area contributed by atoms with E-state index in [-0.39, 0.29) is 5.13 Å². The van der Waals surface area contributed by atoms with Gasteiger partial charge in [-0.2, -0.15) is 5.01 Å². The highest BCUT2D eigenvalue weighted by molar-refractivity contribution is 9.10. The maximum atomic E-state index is 11.6. The summed E-state index contributed by atoms with van der Waals surface area (Å²) in [6.45, 7) is 5.19. The van der Waals surface area contributed by atoms with Crippen LogP contribution in [0.3, 0.4) is 0 Å². The van der Waals surface area contributed by atoms with Crippen molar-refractivity contribution in [3.8, 4) is 0 Å². The second-order valence-corrected chi connectivity index (χ2v) is 5.88. The molecule has 0 aliphatic heterocycles. The standard InChI is InChI=1S/C9H12BrN3O3S/c1-9(2,3)16-8(15)13(11)7-12-6(10)5(4-14)17-7/h4H,11H2,1-3H3. The molecule has 1 heterocycles. The molecule has 0 saturated carbocycles. The number of thiazole rings is 1. The predicted octanol–water partition coefficient (Wildman–Crippen LogP) is 2.33. The molecule has 0 radical (unpaired) electrons. The van der Waals surface area contributed by atoms with Crippen LogP contribution in [0.2, 0.25) is 0 Å². The average Bonchev–Trinajstić information content (AvgIpc) is 2.55. The van der Waals surface area contributed by atoms with Crippen molar-refractivity contribution >= 4 is 44.8 Å². The maximum Gasteiger partial charge on any atom is 0.431 e. The van der Waals surface area contributed by atoms with E-state index >= 15 is 0 Å². The second-order valence-electron chi connectivity index (χ2n) is 4.12. The summed E-state index contributed by atoms with van der Waals surface area (Å²) in [5.74, 6) is 5.55. The van der Waals surface area contributed by atoms with Crippen molar-refractivity contribution in [1.82, 2.24) is 4.98 Å². The molecule has 0 aliphatic carbocycles. The third kappa shape index (κ3) is 3.76. The van der Waals surface area contributed by atoms with Crippen molar-refractivity contribution in [2.75, 3.05) is 5.01 Å². The summed E-state index contributed by atoms with van der Waals surface area (Å²) in [5, 5.41) is 0.960. The molecule has 1 amide bonds. The van der Waals surface area contributed by atoms with Crippen molar-refractivity contribution in [3.05, 3.63) is 9.48 Å². The largest absolute Gasteiger partial charge is 0.442 e. The van der Waals surface area contributed by atoms with Gasteiger partial charge in [-0.25, -0.2) is 15.6 Å². The summed E-state index contributed by atoms with van der Waals surface area (Å²) >= 11 is 4.09. The van der Waals surface area contributed by atoms with Crippen LogP contribution in [0.25, 0.3) is 0 Å². The van der Waals surface area contributed by atoms with Gasteiger partial charge in [-0.05, 0) is 36.7 Å². The highest BCUT2D eigenvalue weighted by Crippen LogP contribution is 2.27. The lowest BCUT2D eigenvalue weighted by molar-refractivity contribution is 0.0580. The minimum absolute atomic E-state index is 0.188. The van der Waals surface area contributed by atoms with Gasteiger partial charge >= 0.3 is 6.09 Å².